The SMILES string of the molecule is Cl.NC[C@H]1CC[C@@H](C(=O)NCc2cccc(NC(=O)N3CCCC3)c2)O1. The van der Waals surface area contributed by atoms with Crippen molar-refractivity contribution in [3.05, 3.63) is 29.8 Å². The summed E-state index contributed by atoms with van der Waals surface area (Å²) in [6.45, 7) is 2.47. The van der Waals surface area contributed by atoms with Gasteiger partial charge in [-0.3, -0.25) is 4.79 Å². The predicted molar refractivity (Wildman–Crippen MR) is 102 cm³/mol. The Labute approximate surface area is 160 Å². The lowest BCUT2D eigenvalue weighted by Gasteiger charge is -2.17. The minimum atomic E-state index is -0.411. The Morgan fingerprint density at radius 1 is 1.23 bits per heavy atom. The number of halogens is 1. The fourth-order valence-electron chi connectivity index (χ4n) is 3.26. The van der Waals surface area contributed by atoms with Crippen LogP contribution in [0.25, 0.3) is 0 Å². The third-order valence-electron chi connectivity index (χ3n) is 4.70. The molecule has 3 amide bonds. The Balaban J connectivity index is 0.00000243. The summed E-state index contributed by atoms with van der Waals surface area (Å²) in [6, 6.07) is 7.46. The van der Waals surface area contributed by atoms with Crippen LogP contribution < -0.4 is 16.4 Å². The van der Waals surface area contributed by atoms with E-state index in [-0.39, 0.29) is 30.4 Å². The summed E-state index contributed by atoms with van der Waals surface area (Å²) in [4.78, 5) is 26.1. The number of hydrogen-bond donors (Lipinski definition) is 3. The van der Waals surface area contributed by atoms with E-state index >= 15 is 0 Å². The molecule has 0 bridgehead atoms. The highest BCUT2D eigenvalue weighted by molar-refractivity contribution is 5.89. The van der Waals surface area contributed by atoms with Crippen LogP contribution >= 0.6 is 12.4 Å². The number of amides is 3. The zero-order valence-corrected chi connectivity index (χ0v) is 15.6. The number of rotatable bonds is 5. The van der Waals surface area contributed by atoms with Gasteiger partial charge in [-0.2, -0.15) is 0 Å². The Kier molecular flexibility index (Phi) is 7.68. The highest BCUT2D eigenvalue weighted by atomic mass is 35.5. The van der Waals surface area contributed by atoms with Gasteiger partial charge >= 0.3 is 6.03 Å². The van der Waals surface area contributed by atoms with Crippen molar-refractivity contribution in [2.24, 2.45) is 5.73 Å². The first-order valence-electron chi connectivity index (χ1n) is 8.94. The number of carbonyl (C=O) groups is 2. The minimum Gasteiger partial charge on any atom is -0.364 e. The molecule has 0 spiro atoms. The monoisotopic (exact) mass is 382 g/mol. The summed E-state index contributed by atoms with van der Waals surface area (Å²) in [5.41, 5.74) is 7.24. The molecular formula is C18H27ClN4O3. The largest absolute Gasteiger partial charge is 0.364 e. The summed E-state index contributed by atoms with van der Waals surface area (Å²) >= 11 is 0. The molecule has 1 aromatic carbocycles. The zero-order valence-electron chi connectivity index (χ0n) is 14.8. The summed E-state index contributed by atoms with van der Waals surface area (Å²) < 4.78 is 5.59. The van der Waals surface area contributed by atoms with E-state index in [0.29, 0.717) is 19.5 Å². The normalized spacial score (nSPS) is 22.0. The first-order chi connectivity index (χ1) is 12.2. The lowest BCUT2D eigenvalue weighted by molar-refractivity contribution is -0.132. The number of urea groups is 1. The second-order valence-corrected chi connectivity index (χ2v) is 6.60. The summed E-state index contributed by atoms with van der Waals surface area (Å²) in [7, 11) is 0. The molecule has 0 radical (unpaired) electrons. The van der Waals surface area contributed by atoms with Gasteiger partial charge in [0.25, 0.3) is 0 Å². The maximum atomic E-state index is 12.2. The molecule has 0 saturated carbocycles. The molecule has 144 valence electrons. The number of anilines is 1. The molecule has 1 aromatic rings. The van der Waals surface area contributed by atoms with Crippen molar-refractivity contribution in [2.75, 3.05) is 25.0 Å². The number of likely N-dealkylation sites (tertiary alicyclic amines) is 1. The molecule has 3 rings (SSSR count). The number of hydrogen-bond acceptors (Lipinski definition) is 4. The molecule has 2 saturated heterocycles. The molecule has 2 heterocycles. The van der Waals surface area contributed by atoms with E-state index in [2.05, 4.69) is 10.6 Å². The van der Waals surface area contributed by atoms with Crippen molar-refractivity contribution in [3.8, 4) is 0 Å². The minimum absolute atomic E-state index is 0. The van der Waals surface area contributed by atoms with Crippen LogP contribution in [0.4, 0.5) is 10.5 Å². The third kappa shape index (κ3) is 5.33. The van der Waals surface area contributed by atoms with Crippen molar-refractivity contribution in [2.45, 2.75) is 44.4 Å². The van der Waals surface area contributed by atoms with Gasteiger partial charge in [0.1, 0.15) is 6.10 Å². The van der Waals surface area contributed by atoms with E-state index < -0.39 is 6.10 Å². The van der Waals surface area contributed by atoms with Gasteiger partial charge in [-0.05, 0) is 43.4 Å². The highest BCUT2D eigenvalue weighted by Gasteiger charge is 2.29. The quantitative estimate of drug-likeness (QED) is 0.724. The molecule has 26 heavy (non-hydrogen) atoms. The molecule has 2 aliphatic rings. The van der Waals surface area contributed by atoms with E-state index in [0.717, 1.165) is 43.6 Å². The standard InChI is InChI=1S/C18H26N4O3.ClH/c19-11-15-6-7-16(25-15)17(23)20-12-13-4-3-5-14(10-13)21-18(24)22-8-1-2-9-22;/h3-5,10,15-16H,1-2,6-9,11-12,19H2,(H,20,23)(H,21,24);1H/t15-,16+;/m1./s1. The average molecular weight is 383 g/mol. The Morgan fingerprint density at radius 3 is 2.69 bits per heavy atom. The van der Waals surface area contributed by atoms with Crippen molar-refractivity contribution in [1.29, 1.82) is 0 Å². The maximum absolute atomic E-state index is 12.2. The molecule has 0 aliphatic carbocycles. The maximum Gasteiger partial charge on any atom is 0.321 e. The molecule has 0 aromatic heterocycles. The topological polar surface area (TPSA) is 96.7 Å². The molecule has 7 nitrogen and oxygen atoms in total. The number of ether oxygens (including phenoxy) is 1. The van der Waals surface area contributed by atoms with Gasteiger partial charge in [0.2, 0.25) is 5.91 Å². The smallest absolute Gasteiger partial charge is 0.321 e. The van der Waals surface area contributed by atoms with Crippen LogP contribution in [0.3, 0.4) is 0 Å². The molecule has 2 atom stereocenters. The van der Waals surface area contributed by atoms with Crippen molar-refractivity contribution in [3.63, 3.8) is 0 Å². The molecule has 0 unspecified atom stereocenters. The van der Waals surface area contributed by atoms with Crippen LogP contribution in [0.2, 0.25) is 0 Å². The van der Waals surface area contributed by atoms with Crippen LogP contribution in [0.5, 0.6) is 0 Å². The molecule has 4 N–H and O–H groups in total. The second kappa shape index (κ2) is 9.75. The van der Waals surface area contributed by atoms with Gasteiger partial charge in [0.15, 0.2) is 0 Å². The fourth-order valence-corrected chi connectivity index (χ4v) is 3.26. The number of nitrogens with zero attached hydrogens (tertiary/aromatic N) is 1. The Hall–Kier alpha value is -1.83. The van der Waals surface area contributed by atoms with Gasteiger partial charge in [-0.25, -0.2) is 4.79 Å². The van der Waals surface area contributed by atoms with Gasteiger partial charge in [0.05, 0.1) is 6.10 Å². The Bertz CT molecular complexity index is 622. The lowest BCUT2D eigenvalue weighted by atomic mass is 10.1. The number of nitrogens with one attached hydrogen (secondary N) is 2. The van der Waals surface area contributed by atoms with Crippen LogP contribution in [0.1, 0.15) is 31.2 Å². The number of benzene rings is 1. The van der Waals surface area contributed by atoms with Crippen LogP contribution in [-0.2, 0) is 16.1 Å². The first-order valence-corrected chi connectivity index (χ1v) is 8.94. The van der Waals surface area contributed by atoms with Crippen molar-refractivity contribution >= 4 is 30.0 Å². The van der Waals surface area contributed by atoms with E-state index in [9.17, 15) is 9.59 Å². The van der Waals surface area contributed by atoms with Gasteiger partial charge < -0.3 is 26.0 Å². The first kappa shape index (κ1) is 20.5. The summed E-state index contributed by atoms with van der Waals surface area (Å²) in [5.74, 6) is -0.109. The lowest BCUT2D eigenvalue weighted by Crippen LogP contribution is -2.35. The number of carbonyl (C=O) groups excluding carboxylic acids is 2. The van der Waals surface area contributed by atoms with E-state index in [1.165, 1.54) is 0 Å². The predicted octanol–water partition coefficient (Wildman–Crippen LogP) is 1.86. The summed E-state index contributed by atoms with van der Waals surface area (Å²) in [5, 5.41) is 5.81. The van der Waals surface area contributed by atoms with Gasteiger partial charge in [-0.1, -0.05) is 12.1 Å². The van der Waals surface area contributed by atoms with Crippen LogP contribution in [0.15, 0.2) is 24.3 Å². The van der Waals surface area contributed by atoms with E-state index in [4.69, 9.17) is 10.5 Å². The highest BCUT2D eigenvalue weighted by Crippen LogP contribution is 2.19. The van der Waals surface area contributed by atoms with E-state index in [1.807, 2.05) is 29.2 Å². The summed E-state index contributed by atoms with van der Waals surface area (Å²) in [6.07, 6.45) is 3.24. The van der Waals surface area contributed by atoms with E-state index in [1.54, 1.807) is 0 Å². The van der Waals surface area contributed by atoms with Crippen molar-refractivity contribution < 1.29 is 14.3 Å². The zero-order chi connectivity index (χ0) is 17.6. The average Bonchev–Trinajstić information content (AvgIpc) is 3.31. The Morgan fingerprint density at radius 2 is 2.00 bits per heavy atom. The molecular weight excluding hydrogens is 356 g/mol. The van der Waals surface area contributed by atoms with Gasteiger partial charge in [-0.15, -0.1) is 12.4 Å². The second-order valence-electron chi connectivity index (χ2n) is 6.60. The van der Waals surface area contributed by atoms with Crippen LogP contribution in [-0.4, -0.2) is 48.7 Å². The molecule has 2 fully saturated rings. The molecule has 8 heteroatoms. The van der Waals surface area contributed by atoms with Crippen LogP contribution in [0, 0.1) is 0 Å². The third-order valence-corrected chi connectivity index (χ3v) is 4.70. The van der Waals surface area contributed by atoms with Crippen molar-refractivity contribution in [1.82, 2.24) is 10.2 Å². The molecule has 2 aliphatic heterocycles. The fraction of sp³-hybridized carbons (Fsp3) is 0.556. The van der Waals surface area contributed by atoms with Gasteiger partial charge in [0, 0.05) is 31.9 Å². The number of nitrogens with two attached hydrogens (primary N) is 1.